The number of hydrogen-bond acceptors (Lipinski definition) is 4. The largest absolute Gasteiger partial charge is 0.480 e. The van der Waals surface area contributed by atoms with Crippen LogP contribution in [0, 0.1) is 0 Å². The summed E-state index contributed by atoms with van der Waals surface area (Å²) < 4.78 is 0. The van der Waals surface area contributed by atoms with Crippen LogP contribution in [0.2, 0.25) is 0 Å². The van der Waals surface area contributed by atoms with Crippen molar-refractivity contribution in [1.29, 1.82) is 0 Å². The van der Waals surface area contributed by atoms with Crippen LogP contribution in [-0.2, 0) is 9.59 Å². The predicted octanol–water partition coefficient (Wildman–Crippen LogP) is 0.779. The van der Waals surface area contributed by atoms with Gasteiger partial charge < -0.3 is 21.1 Å². The monoisotopic (exact) mass is 299 g/mol. The number of hydrogen-bond donors (Lipinski definition) is 3. The Morgan fingerprint density at radius 2 is 2.15 bits per heavy atom. The molecular formula is C12H17N3O4S. The average molecular weight is 299 g/mol. The van der Waals surface area contributed by atoms with Crippen molar-refractivity contribution in [2.45, 2.75) is 25.4 Å². The summed E-state index contributed by atoms with van der Waals surface area (Å²) in [5, 5.41) is 13.1. The van der Waals surface area contributed by atoms with E-state index in [-0.39, 0.29) is 6.04 Å². The number of carboxylic acids is 1. The highest BCUT2D eigenvalue weighted by atomic mass is 32.1. The van der Waals surface area contributed by atoms with Crippen LogP contribution in [0.5, 0.6) is 0 Å². The summed E-state index contributed by atoms with van der Waals surface area (Å²) in [4.78, 5) is 36.1. The summed E-state index contributed by atoms with van der Waals surface area (Å²) in [6, 6.07) is 1.67. The van der Waals surface area contributed by atoms with E-state index in [2.05, 4.69) is 5.32 Å². The summed E-state index contributed by atoms with van der Waals surface area (Å²) in [6.07, 6.45) is -0.442. The SMILES string of the molecule is CC(c1cccs1)N(C)C(=O)N[C@@H](CC(N)=O)C(=O)O. The molecule has 0 aromatic carbocycles. The molecule has 2 atom stereocenters. The molecular weight excluding hydrogens is 282 g/mol. The molecule has 1 aromatic heterocycles. The highest BCUT2D eigenvalue weighted by Crippen LogP contribution is 2.23. The lowest BCUT2D eigenvalue weighted by molar-refractivity contribution is -0.141. The van der Waals surface area contributed by atoms with Gasteiger partial charge in [0.05, 0.1) is 12.5 Å². The number of carboxylic acid groups (broad SMARTS) is 1. The minimum absolute atomic E-state index is 0.196. The van der Waals surface area contributed by atoms with Gasteiger partial charge in [0.25, 0.3) is 0 Å². The average Bonchev–Trinajstić information content (AvgIpc) is 2.89. The summed E-state index contributed by atoms with van der Waals surface area (Å²) >= 11 is 1.50. The maximum atomic E-state index is 12.0. The van der Waals surface area contributed by atoms with Gasteiger partial charge in [-0.25, -0.2) is 9.59 Å². The van der Waals surface area contributed by atoms with Gasteiger partial charge in [-0.1, -0.05) is 6.07 Å². The van der Waals surface area contributed by atoms with Gasteiger partial charge in [-0.05, 0) is 18.4 Å². The maximum absolute atomic E-state index is 12.0. The van der Waals surface area contributed by atoms with E-state index in [1.807, 2.05) is 24.4 Å². The van der Waals surface area contributed by atoms with Crippen molar-refractivity contribution in [3.63, 3.8) is 0 Å². The first-order valence-electron chi connectivity index (χ1n) is 5.90. The van der Waals surface area contributed by atoms with Gasteiger partial charge in [0.1, 0.15) is 6.04 Å². The molecule has 7 nitrogen and oxygen atoms in total. The molecule has 3 amide bonds. The Labute approximate surface area is 120 Å². The molecule has 0 fully saturated rings. The number of primary amides is 1. The summed E-state index contributed by atoms with van der Waals surface area (Å²) in [6.45, 7) is 1.83. The van der Waals surface area contributed by atoms with Crippen LogP contribution in [0.25, 0.3) is 0 Å². The van der Waals surface area contributed by atoms with Gasteiger partial charge in [-0.15, -0.1) is 11.3 Å². The smallest absolute Gasteiger partial charge is 0.326 e. The van der Waals surface area contributed by atoms with Crippen molar-refractivity contribution < 1.29 is 19.5 Å². The number of carbonyl (C=O) groups excluding carboxylic acids is 2. The second-order valence-electron chi connectivity index (χ2n) is 4.31. The fourth-order valence-electron chi connectivity index (χ4n) is 1.55. The molecule has 110 valence electrons. The fraction of sp³-hybridized carbons (Fsp3) is 0.417. The van der Waals surface area contributed by atoms with E-state index >= 15 is 0 Å². The van der Waals surface area contributed by atoms with Gasteiger partial charge in [0.15, 0.2) is 0 Å². The molecule has 0 saturated carbocycles. The first-order valence-corrected chi connectivity index (χ1v) is 6.78. The highest BCUT2D eigenvalue weighted by molar-refractivity contribution is 7.10. The Kier molecular flexibility index (Phi) is 5.51. The normalized spacial score (nSPS) is 13.3. The Morgan fingerprint density at radius 3 is 2.60 bits per heavy atom. The van der Waals surface area contributed by atoms with E-state index in [4.69, 9.17) is 10.8 Å². The third kappa shape index (κ3) is 4.23. The molecule has 8 heteroatoms. The van der Waals surface area contributed by atoms with Crippen LogP contribution in [0.1, 0.15) is 24.3 Å². The zero-order valence-corrected chi connectivity index (χ0v) is 12.0. The van der Waals surface area contributed by atoms with Crippen LogP contribution in [0.15, 0.2) is 17.5 Å². The van der Waals surface area contributed by atoms with Crippen LogP contribution in [-0.4, -0.2) is 41.0 Å². The minimum atomic E-state index is -1.32. The van der Waals surface area contributed by atoms with E-state index in [9.17, 15) is 14.4 Å². The second-order valence-corrected chi connectivity index (χ2v) is 5.29. The zero-order chi connectivity index (χ0) is 15.3. The molecule has 1 aromatic rings. The number of rotatable bonds is 6. The Bertz CT molecular complexity index is 489. The summed E-state index contributed by atoms with van der Waals surface area (Å²) in [5.74, 6) is -2.08. The molecule has 0 aliphatic heterocycles. The molecule has 1 rings (SSSR count). The van der Waals surface area contributed by atoms with Crippen molar-refractivity contribution in [1.82, 2.24) is 10.2 Å². The molecule has 1 heterocycles. The molecule has 0 aliphatic carbocycles. The maximum Gasteiger partial charge on any atom is 0.326 e. The number of urea groups is 1. The van der Waals surface area contributed by atoms with Gasteiger partial charge in [-0.2, -0.15) is 0 Å². The molecule has 0 radical (unpaired) electrons. The number of amides is 3. The fourth-order valence-corrected chi connectivity index (χ4v) is 2.37. The van der Waals surface area contributed by atoms with E-state index in [1.54, 1.807) is 7.05 Å². The second kappa shape index (κ2) is 6.90. The standard InChI is InChI=1S/C12H17N3O4S/c1-7(9-4-3-5-20-9)15(2)12(19)14-8(11(17)18)6-10(13)16/h3-5,7-8H,6H2,1-2H3,(H2,13,16)(H,14,19)(H,17,18)/t7?,8-/m0/s1. The third-order valence-electron chi connectivity index (χ3n) is 2.86. The molecule has 4 N–H and O–H groups in total. The minimum Gasteiger partial charge on any atom is -0.480 e. The molecule has 20 heavy (non-hydrogen) atoms. The van der Waals surface area contributed by atoms with Gasteiger partial charge in [-0.3, -0.25) is 4.79 Å². The number of aliphatic carboxylic acids is 1. The van der Waals surface area contributed by atoms with Crippen molar-refractivity contribution in [3.8, 4) is 0 Å². The molecule has 0 spiro atoms. The zero-order valence-electron chi connectivity index (χ0n) is 11.2. The summed E-state index contributed by atoms with van der Waals surface area (Å²) in [7, 11) is 1.56. The highest BCUT2D eigenvalue weighted by Gasteiger charge is 2.25. The van der Waals surface area contributed by atoms with Gasteiger partial charge in [0.2, 0.25) is 5.91 Å². The van der Waals surface area contributed by atoms with Crippen LogP contribution in [0.4, 0.5) is 4.79 Å². The lowest BCUT2D eigenvalue weighted by atomic mass is 10.2. The first kappa shape index (κ1) is 16.0. The molecule has 0 aliphatic rings. The number of nitrogens with two attached hydrogens (primary N) is 1. The predicted molar refractivity (Wildman–Crippen MR) is 74.3 cm³/mol. The van der Waals surface area contributed by atoms with Crippen molar-refractivity contribution >= 4 is 29.2 Å². The van der Waals surface area contributed by atoms with Crippen LogP contribution < -0.4 is 11.1 Å². The quantitative estimate of drug-likeness (QED) is 0.720. The van der Waals surface area contributed by atoms with E-state index in [0.29, 0.717) is 0 Å². The van der Waals surface area contributed by atoms with Crippen molar-refractivity contribution in [3.05, 3.63) is 22.4 Å². The number of nitrogens with one attached hydrogen (secondary N) is 1. The van der Waals surface area contributed by atoms with E-state index in [0.717, 1.165) is 4.88 Å². The van der Waals surface area contributed by atoms with Crippen LogP contribution >= 0.6 is 11.3 Å². The molecule has 0 bridgehead atoms. The lowest BCUT2D eigenvalue weighted by Crippen LogP contribution is -2.48. The van der Waals surface area contributed by atoms with Crippen molar-refractivity contribution in [2.75, 3.05) is 7.05 Å². The van der Waals surface area contributed by atoms with Gasteiger partial charge in [0, 0.05) is 11.9 Å². The van der Waals surface area contributed by atoms with E-state index in [1.165, 1.54) is 16.2 Å². The number of thiophene rings is 1. The van der Waals surface area contributed by atoms with Crippen molar-refractivity contribution in [2.24, 2.45) is 5.73 Å². The Morgan fingerprint density at radius 1 is 1.50 bits per heavy atom. The first-order chi connectivity index (χ1) is 9.32. The molecule has 1 unspecified atom stereocenters. The Hall–Kier alpha value is -2.09. The lowest BCUT2D eigenvalue weighted by Gasteiger charge is -2.26. The number of carbonyl (C=O) groups is 3. The summed E-state index contributed by atoms with van der Waals surface area (Å²) in [5.41, 5.74) is 4.95. The van der Waals surface area contributed by atoms with E-state index < -0.39 is 30.4 Å². The topological polar surface area (TPSA) is 113 Å². The number of nitrogens with zero attached hydrogens (tertiary/aromatic N) is 1. The third-order valence-corrected chi connectivity index (χ3v) is 3.90. The van der Waals surface area contributed by atoms with Gasteiger partial charge >= 0.3 is 12.0 Å². The molecule has 0 saturated heterocycles. The Balaban J connectivity index is 2.68. The van der Waals surface area contributed by atoms with Crippen LogP contribution in [0.3, 0.4) is 0 Å².